The van der Waals surface area contributed by atoms with Crippen molar-refractivity contribution in [2.24, 2.45) is 0 Å². The Morgan fingerprint density at radius 2 is 2.22 bits per heavy atom. The number of unbranched alkanes of at least 4 members (excludes halogenated alkanes) is 1. The molecule has 0 saturated heterocycles. The fraction of sp³-hybridized carbons (Fsp3) is 0.429. The van der Waals surface area contributed by atoms with E-state index < -0.39 is 0 Å². The van der Waals surface area contributed by atoms with Gasteiger partial charge >= 0.3 is 0 Å². The predicted molar refractivity (Wildman–Crippen MR) is 80.5 cm³/mol. The lowest BCUT2D eigenvalue weighted by Gasteiger charge is -2.10. The molecule has 18 heavy (non-hydrogen) atoms. The van der Waals surface area contributed by atoms with Crippen molar-refractivity contribution in [1.29, 1.82) is 0 Å². The predicted octanol–water partition coefficient (Wildman–Crippen LogP) is 3.32. The van der Waals surface area contributed by atoms with Gasteiger partial charge in [0, 0.05) is 0 Å². The number of rotatable bonds is 8. The minimum atomic E-state index is 0.667. The number of hydrogen-bond donors (Lipinski definition) is 1. The van der Waals surface area contributed by atoms with Crippen LogP contribution in [0, 0.1) is 6.92 Å². The van der Waals surface area contributed by atoms with E-state index in [1.54, 1.807) is 0 Å². The summed E-state index contributed by atoms with van der Waals surface area (Å²) in [6.07, 6.45) is 4.08. The molecule has 0 aliphatic heterocycles. The van der Waals surface area contributed by atoms with Crippen molar-refractivity contribution in [2.45, 2.75) is 19.8 Å². The molecule has 0 atom stereocenters. The van der Waals surface area contributed by atoms with Crippen molar-refractivity contribution >= 4 is 27.5 Å². The molecule has 0 saturated carbocycles. The summed E-state index contributed by atoms with van der Waals surface area (Å²) < 4.78 is 6.64. The van der Waals surface area contributed by atoms with Gasteiger partial charge in [-0.15, -0.1) is 0 Å². The summed E-state index contributed by atoms with van der Waals surface area (Å²) in [6, 6.07) is 3.93. The van der Waals surface area contributed by atoms with Crippen molar-refractivity contribution in [1.82, 2.24) is 0 Å². The molecule has 0 amide bonds. The average molecular weight is 334 g/mol. The van der Waals surface area contributed by atoms with Gasteiger partial charge in [0.15, 0.2) is 5.75 Å². The number of quaternary nitrogens is 1. The summed E-state index contributed by atoms with van der Waals surface area (Å²) in [5.41, 5.74) is 1.12. The highest BCUT2D eigenvalue weighted by Crippen LogP contribution is 2.34. The highest BCUT2D eigenvalue weighted by atomic mass is 79.9. The van der Waals surface area contributed by atoms with E-state index in [0.717, 1.165) is 41.7 Å². The molecular weight excluding hydrogens is 314 g/mol. The SMILES string of the molecule is C=CC[NH2+]CCCCOc1c(Cl)cc(C)cc1Br. The van der Waals surface area contributed by atoms with Crippen LogP contribution < -0.4 is 10.1 Å². The normalized spacial score (nSPS) is 10.4. The van der Waals surface area contributed by atoms with E-state index in [9.17, 15) is 0 Å². The molecule has 1 rings (SSSR count). The summed E-state index contributed by atoms with van der Waals surface area (Å²) in [5.74, 6) is 0.748. The largest absolute Gasteiger partial charge is 0.491 e. The molecule has 0 fully saturated rings. The van der Waals surface area contributed by atoms with Gasteiger partial charge in [-0.05, 0) is 59.5 Å². The zero-order valence-corrected chi connectivity index (χ0v) is 13.1. The Labute approximate surface area is 122 Å². The number of ether oxygens (including phenoxy) is 1. The minimum absolute atomic E-state index is 0.667. The van der Waals surface area contributed by atoms with Crippen molar-refractivity contribution in [2.75, 3.05) is 19.7 Å². The Hall–Kier alpha value is -0.510. The van der Waals surface area contributed by atoms with Crippen LogP contribution in [0.3, 0.4) is 0 Å². The summed E-state index contributed by atoms with van der Waals surface area (Å²) in [7, 11) is 0. The van der Waals surface area contributed by atoms with E-state index in [0.29, 0.717) is 11.6 Å². The molecule has 0 unspecified atom stereocenters. The van der Waals surface area contributed by atoms with Crippen LogP contribution in [0.4, 0.5) is 0 Å². The van der Waals surface area contributed by atoms with Crippen LogP contribution >= 0.6 is 27.5 Å². The Bertz CT molecular complexity index is 372. The maximum absolute atomic E-state index is 6.14. The van der Waals surface area contributed by atoms with Gasteiger partial charge in [0.1, 0.15) is 0 Å². The van der Waals surface area contributed by atoms with Crippen molar-refractivity contribution in [3.63, 3.8) is 0 Å². The molecule has 0 heterocycles. The van der Waals surface area contributed by atoms with Gasteiger partial charge in [-0.2, -0.15) is 0 Å². The molecule has 0 spiro atoms. The van der Waals surface area contributed by atoms with Crippen LogP contribution in [0.1, 0.15) is 18.4 Å². The summed E-state index contributed by atoms with van der Waals surface area (Å²) in [4.78, 5) is 0. The van der Waals surface area contributed by atoms with Crippen LogP contribution in [0.25, 0.3) is 0 Å². The molecule has 0 aliphatic carbocycles. The van der Waals surface area contributed by atoms with Crippen molar-refractivity contribution < 1.29 is 10.1 Å². The van der Waals surface area contributed by atoms with Crippen molar-refractivity contribution in [3.05, 3.63) is 39.8 Å². The first kappa shape index (κ1) is 15.5. The van der Waals surface area contributed by atoms with Gasteiger partial charge in [-0.1, -0.05) is 18.2 Å². The highest BCUT2D eigenvalue weighted by molar-refractivity contribution is 9.10. The first-order chi connectivity index (χ1) is 8.65. The van der Waals surface area contributed by atoms with Crippen LogP contribution in [0.15, 0.2) is 29.3 Å². The van der Waals surface area contributed by atoms with Gasteiger partial charge in [0.05, 0.1) is 29.2 Å². The van der Waals surface area contributed by atoms with Crippen LogP contribution in [-0.2, 0) is 0 Å². The van der Waals surface area contributed by atoms with E-state index in [-0.39, 0.29) is 0 Å². The topological polar surface area (TPSA) is 25.8 Å². The fourth-order valence-corrected chi connectivity index (χ4v) is 2.76. The van der Waals surface area contributed by atoms with Crippen LogP contribution in [0.5, 0.6) is 5.75 Å². The fourth-order valence-electron chi connectivity index (χ4n) is 1.63. The second-order valence-electron chi connectivity index (χ2n) is 4.21. The Balaban J connectivity index is 2.29. The highest BCUT2D eigenvalue weighted by Gasteiger charge is 2.07. The molecule has 2 nitrogen and oxygen atoms in total. The first-order valence-electron chi connectivity index (χ1n) is 6.16. The number of hydrogen-bond acceptors (Lipinski definition) is 1. The van der Waals surface area contributed by atoms with Crippen LogP contribution in [0.2, 0.25) is 5.02 Å². The lowest BCUT2D eigenvalue weighted by molar-refractivity contribution is -0.646. The number of benzene rings is 1. The zero-order valence-electron chi connectivity index (χ0n) is 10.7. The van der Waals surface area contributed by atoms with Crippen molar-refractivity contribution in [3.8, 4) is 5.75 Å². The Kier molecular flexibility index (Phi) is 7.40. The molecule has 0 bridgehead atoms. The average Bonchev–Trinajstić information content (AvgIpc) is 2.30. The quantitative estimate of drug-likeness (QED) is 0.573. The third kappa shape index (κ3) is 5.42. The summed E-state index contributed by atoms with van der Waals surface area (Å²) >= 11 is 9.62. The van der Waals surface area contributed by atoms with Gasteiger partial charge < -0.3 is 10.1 Å². The molecule has 0 radical (unpaired) electrons. The summed E-state index contributed by atoms with van der Waals surface area (Å²) in [6.45, 7) is 8.48. The zero-order chi connectivity index (χ0) is 13.4. The molecule has 1 aromatic rings. The molecule has 2 N–H and O–H groups in total. The van der Waals surface area contributed by atoms with E-state index in [2.05, 4.69) is 27.8 Å². The molecule has 0 aromatic heterocycles. The lowest BCUT2D eigenvalue weighted by atomic mass is 10.2. The van der Waals surface area contributed by atoms with Crippen LogP contribution in [-0.4, -0.2) is 19.7 Å². The van der Waals surface area contributed by atoms with Gasteiger partial charge in [-0.25, -0.2) is 0 Å². The molecule has 4 heteroatoms. The maximum atomic E-state index is 6.14. The molecule has 100 valence electrons. The van der Waals surface area contributed by atoms with Gasteiger partial charge in [0.2, 0.25) is 0 Å². The monoisotopic (exact) mass is 332 g/mol. The van der Waals surface area contributed by atoms with E-state index in [4.69, 9.17) is 16.3 Å². The number of aryl methyl sites for hydroxylation is 1. The van der Waals surface area contributed by atoms with E-state index in [1.807, 2.05) is 25.1 Å². The third-order valence-corrected chi connectivity index (χ3v) is 3.39. The molecule has 0 aliphatic rings. The lowest BCUT2D eigenvalue weighted by Crippen LogP contribution is -2.83. The first-order valence-corrected chi connectivity index (χ1v) is 7.33. The number of halogens is 2. The Morgan fingerprint density at radius 3 is 2.89 bits per heavy atom. The number of nitrogens with two attached hydrogens (primary N) is 1. The smallest absolute Gasteiger partial charge is 0.152 e. The second kappa shape index (κ2) is 8.57. The van der Waals surface area contributed by atoms with Gasteiger partial charge in [0.25, 0.3) is 0 Å². The Morgan fingerprint density at radius 1 is 1.44 bits per heavy atom. The standard InChI is InChI=1S/C14H19BrClNO/c1-3-6-17-7-4-5-8-18-14-12(15)9-11(2)10-13(14)16/h3,9-10,17H,1,4-8H2,2H3/p+1. The maximum Gasteiger partial charge on any atom is 0.152 e. The van der Waals surface area contributed by atoms with E-state index >= 15 is 0 Å². The van der Waals surface area contributed by atoms with E-state index in [1.165, 1.54) is 0 Å². The summed E-state index contributed by atoms with van der Waals surface area (Å²) in [5, 5.41) is 2.90. The third-order valence-electron chi connectivity index (χ3n) is 2.52. The molecular formula is C14H20BrClNO+. The van der Waals surface area contributed by atoms with Gasteiger partial charge in [-0.3, -0.25) is 0 Å². The molecule has 1 aromatic carbocycles. The second-order valence-corrected chi connectivity index (χ2v) is 5.48. The minimum Gasteiger partial charge on any atom is -0.491 e.